The van der Waals surface area contributed by atoms with Gasteiger partial charge in [-0.3, -0.25) is 4.79 Å². The van der Waals surface area contributed by atoms with Gasteiger partial charge in [0, 0.05) is 41.9 Å². The number of hydrogen-bond acceptors (Lipinski definition) is 7. The molecule has 1 amide bonds. The Kier molecular flexibility index (Phi) is 5.75. The molecule has 1 aromatic rings. The first-order chi connectivity index (χ1) is 13.0. The van der Waals surface area contributed by atoms with Crippen LogP contribution in [-0.4, -0.2) is 44.1 Å². The van der Waals surface area contributed by atoms with E-state index < -0.39 is 29.7 Å². The van der Waals surface area contributed by atoms with Crippen molar-refractivity contribution in [1.82, 2.24) is 0 Å². The van der Waals surface area contributed by atoms with E-state index in [-0.39, 0.29) is 17.7 Å². The predicted octanol–water partition coefficient (Wildman–Crippen LogP) is -0.842. The molecule has 27 heavy (non-hydrogen) atoms. The summed E-state index contributed by atoms with van der Waals surface area (Å²) < 4.78 is 5.27. The lowest BCUT2D eigenvalue weighted by molar-refractivity contribution is -0.313. The minimum absolute atomic E-state index is 0.0327. The van der Waals surface area contributed by atoms with Crippen molar-refractivity contribution >= 4 is 29.2 Å². The summed E-state index contributed by atoms with van der Waals surface area (Å²) in [5.41, 5.74) is 0.752. The van der Waals surface area contributed by atoms with Crippen LogP contribution in [-0.2, 0) is 14.3 Å². The van der Waals surface area contributed by atoms with Gasteiger partial charge in [-0.2, -0.15) is 0 Å². The van der Waals surface area contributed by atoms with Gasteiger partial charge in [0.25, 0.3) is 0 Å². The normalized spacial score (nSPS) is 22.3. The Morgan fingerprint density at radius 3 is 2.33 bits per heavy atom. The smallest absolute Gasteiger partial charge is 0.228 e. The van der Waals surface area contributed by atoms with Crippen LogP contribution in [0.5, 0.6) is 0 Å². The van der Waals surface area contributed by atoms with Gasteiger partial charge in [0.1, 0.15) is 0 Å². The van der Waals surface area contributed by atoms with Crippen molar-refractivity contribution in [1.29, 1.82) is 0 Å². The second kappa shape index (κ2) is 8.22. The summed E-state index contributed by atoms with van der Waals surface area (Å²) in [4.78, 5) is 37.2. The average Bonchev–Trinajstić information content (AvgIpc) is 2.68. The molecule has 0 aromatic heterocycles. The number of carboxylic acid groups (broad SMARTS) is 2. The number of allylic oxidation sites excluding steroid dienone is 2. The molecule has 0 saturated carbocycles. The monoisotopic (exact) mass is 372 g/mol. The Labute approximate surface area is 156 Å². The fraction of sp³-hybridized carbons (Fsp3) is 0.421. The van der Waals surface area contributed by atoms with E-state index in [1.165, 1.54) is 6.07 Å². The van der Waals surface area contributed by atoms with E-state index in [1.807, 2.05) is 4.90 Å². The van der Waals surface area contributed by atoms with Crippen molar-refractivity contribution in [2.24, 2.45) is 11.8 Å². The number of carbonyl (C=O) groups excluding carboxylic acids is 3. The summed E-state index contributed by atoms with van der Waals surface area (Å²) in [7, 11) is 0. The number of anilines is 2. The fourth-order valence-corrected chi connectivity index (χ4v) is 3.46. The molecule has 2 atom stereocenters. The molecular formula is C19H20N2O6-2. The minimum Gasteiger partial charge on any atom is -0.550 e. The van der Waals surface area contributed by atoms with E-state index in [2.05, 4.69) is 5.32 Å². The van der Waals surface area contributed by atoms with E-state index in [1.54, 1.807) is 24.3 Å². The number of carbonyl (C=O) groups is 3. The van der Waals surface area contributed by atoms with Crippen LogP contribution >= 0.6 is 0 Å². The van der Waals surface area contributed by atoms with Crippen molar-refractivity contribution in [2.45, 2.75) is 12.8 Å². The Bertz CT molecular complexity index is 769. The zero-order valence-electron chi connectivity index (χ0n) is 14.7. The molecule has 8 nitrogen and oxygen atoms in total. The Morgan fingerprint density at radius 2 is 1.70 bits per heavy atom. The number of nitrogens with zero attached hydrogens (tertiary/aromatic N) is 1. The van der Waals surface area contributed by atoms with Gasteiger partial charge in [-0.1, -0.05) is 12.2 Å². The van der Waals surface area contributed by atoms with E-state index >= 15 is 0 Å². The number of rotatable bonds is 5. The van der Waals surface area contributed by atoms with Crippen molar-refractivity contribution in [3.63, 3.8) is 0 Å². The summed E-state index contributed by atoms with van der Waals surface area (Å²) in [6.07, 6.45) is 4.01. The standard InChI is InChI=1S/C19H22N2O6/c22-17(13-3-1-2-4-14(13)18(23)24)20-12-5-6-16(15(11-12)19(25)26)21-7-9-27-10-8-21/h1-2,5-6,11,13-14H,3-4,7-10H2,(H,20,22)(H,23,24)(H,25,26)/p-2/t13-,14+/m1/s1. The molecule has 3 rings (SSSR count). The maximum Gasteiger partial charge on any atom is 0.228 e. The summed E-state index contributed by atoms with van der Waals surface area (Å²) in [6, 6.07) is 4.55. The molecule has 1 saturated heterocycles. The molecule has 8 heteroatoms. The number of nitrogens with one attached hydrogen (secondary N) is 1. The molecular weight excluding hydrogens is 352 g/mol. The first kappa shape index (κ1) is 18.9. The van der Waals surface area contributed by atoms with E-state index in [9.17, 15) is 24.6 Å². The number of ether oxygens (including phenoxy) is 1. The van der Waals surface area contributed by atoms with E-state index in [0.29, 0.717) is 38.4 Å². The molecule has 0 bridgehead atoms. The highest BCUT2D eigenvalue weighted by molar-refractivity contribution is 5.99. The zero-order chi connectivity index (χ0) is 19.4. The molecule has 0 radical (unpaired) electrons. The number of amides is 1. The molecule has 1 aliphatic carbocycles. The molecule has 1 heterocycles. The molecule has 0 spiro atoms. The van der Waals surface area contributed by atoms with Crippen molar-refractivity contribution in [2.75, 3.05) is 36.5 Å². The van der Waals surface area contributed by atoms with Gasteiger partial charge >= 0.3 is 0 Å². The number of hydrogen-bond donors (Lipinski definition) is 1. The van der Waals surface area contributed by atoms with Gasteiger partial charge < -0.3 is 34.8 Å². The quantitative estimate of drug-likeness (QED) is 0.669. The van der Waals surface area contributed by atoms with Crippen molar-refractivity contribution in [3.8, 4) is 0 Å². The Morgan fingerprint density at radius 1 is 1.04 bits per heavy atom. The molecule has 0 unspecified atom stereocenters. The predicted molar refractivity (Wildman–Crippen MR) is 92.8 cm³/mol. The largest absolute Gasteiger partial charge is 0.550 e. The van der Waals surface area contributed by atoms with Crippen LogP contribution in [0.3, 0.4) is 0 Å². The highest BCUT2D eigenvalue weighted by atomic mass is 16.5. The molecule has 1 fully saturated rings. The third kappa shape index (κ3) is 4.28. The Balaban J connectivity index is 1.79. The highest BCUT2D eigenvalue weighted by Crippen LogP contribution is 2.28. The van der Waals surface area contributed by atoms with E-state index in [0.717, 1.165) is 0 Å². The topological polar surface area (TPSA) is 122 Å². The van der Waals surface area contributed by atoms with Gasteiger partial charge in [0.2, 0.25) is 5.91 Å². The van der Waals surface area contributed by atoms with Crippen LogP contribution in [0.1, 0.15) is 23.2 Å². The molecule has 2 aliphatic rings. The summed E-state index contributed by atoms with van der Waals surface area (Å²) in [6.45, 7) is 2.14. The van der Waals surface area contributed by atoms with Crippen LogP contribution in [0.2, 0.25) is 0 Å². The average molecular weight is 372 g/mol. The summed E-state index contributed by atoms with van der Waals surface area (Å²) in [5.74, 6) is -4.75. The summed E-state index contributed by atoms with van der Waals surface area (Å²) in [5, 5.41) is 25.5. The number of carboxylic acids is 2. The van der Waals surface area contributed by atoms with Crippen LogP contribution < -0.4 is 20.4 Å². The number of benzene rings is 1. The van der Waals surface area contributed by atoms with Crippen LogP contribution in [0.15, 0.2) is 30.4 Å². The third-order valence-electron chi connectivity index (χ3n) is 4.91. The molecule has 1 N–H and O–H groups in total. The summed E-state index contributed by atoms with van der Waals surface area (Å²) >= 11 is 0. The fourth-order valence-electron chi connectivity index (χ4n) is 3.46. The molecule has 1 aliphatic heterocycles. The number of aromatic carboxylic acids is 1. The van der Waals surface area contributed by atoms with Gasteiger partial charge in [-0.25, -0.2) is 0 Å². The second-order valence-electron chi connectivity index (χ2n) is 6.58. The number of morpholine rings is 1. The Hall–Kier alpha value is -2.87. The maximum absolute atomic E-state index is 12.5. The molecule has 144 valence electrons. The van der Waals surface area contributed by atoms with Crippen LogP contribution in [0.4, 0.5) is 11.4 Å². The van der Waals surface area contributed by atoms with Gasteiger partial charge in [-0.15, -0.1) is 0 Å². The number of aliphatic carboxylic acids is 1. The van der Waals surface area contributed by atoms with Gasteiger partial charge in [0.05, 0.1) is 25.1 Å². The third-order valence-corrected chi connectivity index (χ3v) is 4.91. The first-order valence-electron chi connectivity index (χ1n) is 8.82. The van der Waals surface area contributed by atoms with Gasteiger partial charge in [0.15, 0.2) is 0 Å². The minimum atomic E-state index is -1.35. The lowest BCUT2D eigenvalue weighted by Gasteiger charge is -2.31. The highest BCUT2D eigenvalue weighted by Gasteiger charge is 2.30. The van der Waals surface area contributed by atoms with Crippen LogP contribution in [0, 0.1) is 11.8 Å². The molecule has 1 aromatic carbocycles. The SMILES string of the molecule is O=C([O-])c1cc(NC(=O)[C@@H]2CC=CC[C@@H]2C(=O)[O-])ccc1N1CCOCC1. The van der Waals surface area contributed by atoms with Crippen molar-refractivity contribution < 1.29 is 29.3 Å². The zero-order valence-corrected chi connectivity index (χ0v) is 14.7. The van der Waals surface area contributed by atoms with E-state index in [4.69, 9.17) is 4.74 Å². The lowest BCUT2D eigenvalue weighted by Crippen LogP contribution is -2.41. The first-order valence-corrected chi connectivity index (χ1v) is 8.82. The van der Waals surface area contributed by atoms with Gasteiger partial charge in [-0.05, 0) is 31.0 Å². The lowest BCUT2D eigenvalue weighted by atomic mass is 9.82. The van der Waals surface area contributed by atoms with Crippen LogP contribution in [0.25, 0.3) is 0 Å². The maximum atomic E-state index is 12.5. The van der Waals surface area contributed by atoms with Crippen molar-refractivity contribution in [3.05, 3.63) is 35.9 Å². The second-order valence-corrected chi connectivity index (χ2v) is 6.58.